The van der Waals surface area contributed by atoms with E-state index in [0.717, 1.165) is 9.87 Å². The van der Waals surface area contributed by atoms with E-state index in [1.54, 1.807) is 6.92 Å². The summed E-state index contributed by atoms with van der Waals surface area (Å²) in [6, 6.07) is 11.8. The molecule has 2 aromatic rings. The van der Waals surface area contributed by atoms with Crippen molar-refractivity contribution in [1.29, 1.82) is 0 Å². The van der Waals surface area contributed by atoms with Crippen LogP contribution in [0.15, 0.2) is 53.4 Å². The van der Waals surface area contributed by atoms with E-state index in [0.29, 0.717) is 0 Å². The Hall–Kier alpha value is -3.27. The molecule has 28 heavy (non-hydrogen) atoms. The van der Waals surface area contributed by atoms with Gasteiger partial charge in [-0.05, 0) is 30.7 Å². The van der Waals surface area contributed by atoms with E-state index in [2.05, 4.69) is 10.6 Å². The molecule has 9 nitrogen and oxygen atoms in total. The zero-order valence-electron chi connectivity index (χ0n) is 15.1. The number of anilines is 2. The van der Waals surface area contributed by atoms with E-state index in [1.165, 1.54) is 18.2 Å². The molecular formula is C18H20N4O5S. The molecule has 0 bridgehead atoms. The number of hydrogen-bond acceptors (Lipinski definition) is 6. The Kier molecular flexibility index (Phi) is 5.41. The van der Waals surface area contributed by atoms with Gasteiger partial charge in [0.15, 0.2) is 0 Å². The fraction of sp³-hybridized carbons (Fsp3) is 0.222. The maximum Gasteiger partial charge on any atom is 0.411 e. The fourth-order valence-corrected chi connectivity index (χ4v) is 4.20. The molecule has 0 unspecified atom stereocenters. The van der Waals surface area contributed by atoms with Crippen molar-refractivity contribution >= 4 is 33.5 Å². The molecule has 148 valence electrons. The van der Waals surface area contributed by atoms with Crippen LogP contribution in [-0.4, -0.2) is 38.0 Å². The van der Waals surface area contributed by atoms with Crippen LogP contribution in [0.2, 0.25) is 0 Å². The SMILES string of the molecule is CCOC(=O)Nc1ccc(S(=O)(=O)N2C[C@H](c3ccccc3)NC2=O)cc1N. The fourth-order valence-electron chi connectivity index (χ4n) is 2.82. The van der Waals surface area contributed by atoms with Crippen LogP contribution in [0.25, 0.3) is 0 Å². The van der Waals surface area contributed by atoms with Crippen LogP contribution in [0.3, 0.4) is 0 Å². The molecule has 3 rings (SSSR count). The lowest BCUT2D eigenvalue weighted by molar-refractivity contribution is 0.168. The lowest BCUT2D eigenvalue weighted by Crippen LogP contribution is -2.34. The number of nitrogens with zero attached hydrogens (tertiary/aromatic N) is 1. The van der Waals surface area contributed by atoms with Gasteiger partial charge < -0.3 is 15.8 Å². The van der Waals surface area contributed by atoms with Crippen LogP contribution in [0, 0.1) is 0 Å². The summed E-state index contributed by atoms with van der Waals surface area (Å²) < 4.78 is 31.4. The van der Waals surface area contributed by atoms with Crippen molar-refractivity contribution in [3.63, 3.8) is 0 Å². The Morgan fingerprint density at radius 1 is 1.29 bits per heavy atom. The van der Waals surface area contributed by atoms with Crippen molar-refractivity contribution in [2.24, 2.45) is 0 Å². The molecule has 1 atom stereocenters. The molecular weight excluding hydrogens is 384 g/mol. The van der Waals surface area contributed by atoms with Gasteiger partial charge in [0.25, 0.3) is 10.0 Å². The lowest BCUT2D eigenvalue weighted by Gasteiger charge is -2.17. The monoisotopic (exact) mass is 404 g/mol. The number of carbonyl (C=O) groups excluding carboxylic acids is 2. The second kappa shape index (κ2) is 7.77. The smallest absolute Gasteiger partial charge is 0.411 e. The highest BCUT2D eigenvalue weighted by atomic mass is 32.2. The summed E-state index contributed by atoms with van der Waals surface area (Å²) in [5.41, 5.74) is 6.92. The van der Waals surface area contributed by atoms with Gasteiger partial charge >= 0.3 is 12.1 Å². The van der Waals surface area contributed by atoms with E-state index in [1.807, 2.05) is 30.3 Å². The molecule has 0 spiro atoms. The number of benzene rings is 2. The summed E-state index contributed by atoms with van der Waals surface area (Å²) in [5.74, 6) is 0. The van der Waals surface area contributed by atoms with Gasteiger partial charge in [-0.3, -0.25) is 5.32 Å². The van der Waals surface area contributed by atoms with Crippen LogP contribution in [0.5, 0.6) is 0 Å². The van der Waals surface area contributed by atoms with Crippen molar-refractivity contribution in [2.45, 2.75) is 17.9 Å². The summed E-state index contributed by atoms with van der Waals surface area (Å²) in [7, 11) is -4.11. The summed E-state index contributed by atoms with van der Waals surface area (Å²) in [6.45, 7) is 1.81. The first-order chi connectivity index (χ1) is 13.3. The largest absolute Gasteiger partial charge is 0.450 e. The zero-order chi connectivity index (χ0) is 20.3. The number of ether oxygens (including phenoxy) is 1. The molecule has 1 fully saturated rings. The van der Waals surface area contributed by atoms with E-state index in [4.69, 9.17) is 10.5 Å². The minimum atomic E-state index is -4.11. The topological polar surface area (TPSA) is 131 Å². The van der Waals surface area contributed by atoms with Crippen molar-refractivity contribution in [1.82, 2.24) is 9.62 Å². The van der Waals surface area contributed by atoms with Crippen molar-refractivity contribution < 1.29 is 22.7 Å². The van der Waals surface area contributed by atoms with E-state index >= 15 is 0 Å². The van der Waals surface area contributed by atoms with Crippen LogP contribution in [0.1, 0.15) is 18.5 Å². The number of urea groups is 1. The quantitative estimate of drug-likeness (QED) is 0.656. The molecule has 2 aromatic carbocycles. The summed E-state index contributed by atoms with van der Waals surface area (Å²) in [5, 5.41) is 5.09. The number of sulfonamides is 1. The summed E-state index contributed by atoms with van der Waals surface area (Å²) in [6.07, 6.45) is -0.700. The van der Waals surface area contributed by atoms with Gasteiger partial charge in [-0.25, -0.2) is 22.3 Å². The van der Waals surface area contributed by atoms with Gasteiger partial charge in [-0.1, -0.05) is 30.3 Å². The average Bonchev–Trinajstić information content (AvgIpc) is 3.07. The maximum absolute atomic E-state index is 12.9. The molecule has 0 aliphatic carbocycles. The molecule has 4 N–H and O–H groups in total. The van der Waals surface area contributed by atoms with Gasteiger partial charge in [0, 0.05) is 0 Å². The van der Waals surface area contributed by atoms with Crippen molar-refractivity contribution in [3.05, 3.63) is 54.1 Å². The number of nitrogens with two attached hydrogens (primary N) is 1. The van der Waals surface area contributed by atoms with Gasteiger partial charge in [0.05, 0.1) is 35.5 Å². The predicted molar refractivity (Wildman–Crippen MR) is 103 cm³/mol. The number of rotatable bonds is 5. The minimum Gasteiger partial charge on any atom is -0.450 e. The Morgan fingerprint density at radius 3 is 2.64 bits per heavy atom. The van der Waals surface area contributed by atoms with Crippen LogP contribution >= 0.6 is 0 Å². The first kappa shape index (κ1) is 19.5. The molecule has 1 aliphatic heterocycles. The molecule has 1 heterocycles. The lowest BCUT2D eigenvalue weighted by atomic mass is 10.1. The number of hydrogen-bond donors (Lipinski definition) is 3. The third-order valence-electron chi connectivity index (χ3n) is 4.20. The van der Waals surface area contributed by atoms with E-state index in [-0.39, 0.29) is 29.4 Å². The maximum atomic E-state index is 12.9. The first-order valence-corrected chi connectivity index (χ1v) is 9.98. The first-order valence-electron chi connectivity index (χ1n) is 8.54. The molecule has 3 amide bonds. The Bertz CT molecular complexity index is 994. The predicted octanol–water partition coefficient (Wildman–Crippen LogP) is 2.29. The second-order valence-electron chi connectivity index (χ2n) is 6.04. The Balaban J connectivity index is 1.82. The molecule has 1 saturated heterocycles. The van der Waals surface area contributed by atoms with Gasteiger partial charge in [-0.2, -0.15) is 0 Å². The van der Waals surface area contributed by atoms with Gasteiger partial charge in [-0.15, -0.1) is 0 Å². The standard InChI is InChI=1S/C18H20N4O5S/c1-2-27-18(24)21-15-9-8-13(10-14(15)19)28(25,26)22-11-16(20-17(22)23)12-6-4-3-5-7-12/h3-10,16H,2,11,19H2,1H3,(H,20,23)(H,21,24)/t16-/m1/s1. The highest BCUT2D eigenvalue weighted by Crippen LogP contribution is 2.29. The number of nitrogens with one attached hydrogen (secondary N) is 2. The Morgan fingerprint density at radius 2 is 2.00 bits per heavy atom. The molecule has 0 aromatic heterocycles. The summed E-state index contributed by atoms with van der Waals surface area (Å²) >= 11 is 0. The van der Waals surface area contributed by atoms with Crippen LogP contribution in [-0.2, 0) is 14.8 Å². The van der Waals surface area contributed by atoms with Crippen molar-refractivity contribution in [2.75, 3.05) is 24.2 Å². The summed E-state index contributed by atoms with van der Waals surface area (Å²) in [4.78, 5) is 23.6. The number of amides is 3. The second-order valence-corrected chi connectivity index (χ2v) is 7.91. The van der Waals surface area contributed by atoms with E-state index in [9.17, 15) is 18.0 Å². The van der Waals surface area contributed by atoms with Crippen LogP contribution < -0.4 is 16.4 Å². The normalized spacial score (nSPS) is 16.5. The third-order valence-corrected chi connectivity index (χ3v) is 5.94. The third kappa shape index (κ3) is 3.86. The number of nitrogen functional groups attached to an aromatic ring is 1. The minimum absolute atomic E-state index is 0.0338. The highest BCUT2D eigenvalue weighted by molar-refractivity contribution is 7.89. The highest BCUT2D eigenvalue weighted by Gasteiger charge is 2.38. The van der Waals surface area contributed by atoms with E-state index < -0.39 is 28.2 Å². The zero-order valence-corrected chi connectivity index (χ0v) is 15.9. The molecule has 0 radical (unpaired) electrons. The molecule has 0 saturated carbocycles. The van der Waals surface area contributed by atoms with Gasteiger partial charge in [0.1, 0.15) is 0 Å². The Labute approximate surface area is 162 Å². The average molecular weight is 404 g/mol. The van der Waals surface area contributed by atoms with Crippen molar-refractivity contribution in [3.8, 4) is 0 Å². The molecule has 1 aliphatic rings. The van der Waals surface area contributed by atoms with Gasteiger partial charge in [0.2, 0.25) is 0 Å². The molecule has 10 heteroatoms. The number of carbonyl (C=O) groups is 2. The van der Waals surface area contributed by atoms with Crippen LogP contribution in [0.4, 0.5) is 21.0 Å².